The first kappa shape index (κ1) is 17.1. The number of esters is 1. The first-order valence-corrected chi connectivity index (χ1v) is 8.31. The van der Waals surface area contributed by atoms with E-state index in [0.29, 0.717) is 10.9 Å². The average molecular weight is 330 g/mol. The van der Waals surface area contributed by atoms with Gasteiger partial charge in [0.1, 0.15) is 5.78 Å². The molecule has 0 spiro atoms. The molecule has 23 heavy (non-hydrogen) atoms. The Bertz CT molecular complexity index is 718. The lowest BCUT2D eigenvalue weighted by atomic mass is 9.87. The molecular formula is C17H18N2O3S. The Morgan fingerprint density at radius 3 is 2.65 bits per heavy atom. The third kappa shape index (κ3) is 4.16. The fourth-order valence-electron chi connectivity index (χ4n) is 2.40. The van der Waals surface area contributed by atoms with E-state index in [9.17, 15) is 9.59 Å². The molecule has 1 heterocycles. The van der Waals surface area contributed by atoms with E-state index in [1.807, 2.05) is 30.5 Å². The topological polar surface area (TPSA) is 69.2 Å². The van der Waals surface area contributed by atoms with Crippen molar-refractivity contribution in [2.45, 2.75) is 24.4 Å². The van der Waals surface area contributed by atoms with Crippen LogP contribution < -0.4 is 0 Å². The van der Waals surface area contributed by atoms with Gasteiger partial charge in [-0.25, -0.2) is 9.97 Å². The first-order valence-electron chi connectivity index (χ1n) is 7.08. The van der Waals surface area contributed by atoms with Crippen molar-refractivity contribution in [3.63, 3.8) is 0 Å². The highest BCUT2D eigenvalue weighted by Crippen LogP contribution is 2.28. The predicted octanol–water partition coefficient (Wildman–Crippen LogP) is 2.63. The van der Waals surface area contributed by atoms with Gasteiger partial charge in [0, 0.05) is 6.20 Å². The zero-order chi connectivity index (χ0) is 16.8. The minimum Gasteiger partial charge on any atom is -0.469 e. The molecule has 0 bridgehead atoms. The minimum absolute atomic E-state index is 0.0342. The minimum atomic E-state index is -0.523. The van der Waals surface area contributed by atoms with Crippen LogP contribution in [0.5, 0.6) is 0 Å². The summed E-state index contributed by atoms with van der Waals surface area (Å²) in [6, 6.07) is 9.11. The summed E-state index contributed by atoms with van der Waals surface area (Å²) < 4.78 is 4.74. The van der Waals surface area contributed by atoms with Crippen LogP contribution in [-0.4, -0.2) is 35.1 Å². The Morgan fingerprint density at radius 1 is 1.26 bits per heavy atom. The highest BCUT2D eigenvalue weighted by molar-refractivity contribution is 7.98. The summed E-state index contributed by atoms with van der Waals surface area (Å²) in [5.74, 6) is -0.898. The fourth-order valence-corrected chi connectivity index (χ4v) is 2.77. The second-order valence-corrected chi connectivity index (χ2v) is 5.74. The van der Waals surface area contributed by atoms with Crippen molar-refractivity contribution in [3.8, 4) is 0 Å². The summed E-state index contributed by atoms with van der Waals surface area (Å²) in [6.07, 6.45) is 3.65. The fraction of sp³-hybridized carbons (Fsp3) is 0.294. The van der Waals surface area contributed by atoms with Crippen LogP contribution in [0.1, 0.15) is 29.7 Å². The van der Waals surface area contributed by atoms with Crippen molar-refractivity contribution >= 4 is 23.5 Å². The van der Waals surface area contributed by atoms with Gasteiger partial charge in [-0.3, -0.25) is 9.59 Å². The molecule has 1 unspecified atom stereocenters. The number of benzene rings is 1. The zero-order valence-corrected chi connectivity index (χ0v) is 14.1. The van der Waals surface area contributed by atoms with E-state index < -0.39 is 5.92 Å². The van der Waals surface area contributed by atoms with Gasteiger partial charge >= 0.3 is 5.97 Å². The van der Waals surface area contributed by atoms with Crippen LogP contribution in [0.15, 0.2) is 41.7 Å². The molecule has 0 aliphatic rings. The Kier molecular flexibility index (Phi) is 5.87. The lowest BCUT2D eigenvalue weighted by molar-refractivity contribution is -0.139. The molecule has 0 aliphatic carbocycles. The quantitative estimate of drug-likeness (QED) is 0.461. The van der Waals surface area contributed by atoms with Gasteiger partial charge in [-0.1, -0.05) is 36.0 Å². The molecule has 0 fully saturated rings. The van der Waals surface area contributed by atoms with Crippen LogP contribution in [0.3, 0.4) is 0 Å². The smallest absolute Gasteiger partial charge is 0.309 e. The third-order valence-corrected chi connectivity index (χ3v) is 4.03. The van der Waals surface area contributed by atoms with E-state index in [-0.39, 0.29) is 18.2 Å². The highest BCUT2D eigenvalue weighted by atomic mass is 32.2. The largest absolute Gasteiger partial charge is 0.469 e. The second-order valence-electron chi connectivity index (χ2n) is 4.96. The number of Topliss-reactive ketones (excluding diaryl/α,β-unsaturated/α-hetero) is 1. The van der Waals surface area contributed by atoms with Gasteiger partial charge in [-0.05, 0) is 30.4 Å². The van der Waals surface area contributed by atoms with E-state index in [1.54, 1.807) is 12.3 Å². The highest BCUT2D eigenvalue weighted by Gasteiger charge is 2.24. The monoisotopic (exact) mass is 330 g/mol. The number of ketones is 1. The van der Waals surface area contributed by atoms with E-state index >= 15 is 0 Å². The molecule has 120 valence electrons. The standard InChI is InChI=1S/C17H18N2O3S/c1-11(20)16(14-8-9-18-17(19-14)23-3)13-7-5-4-6-12(13)10-15(21)22-2/h4-9,16H,10H2,1-3H3. The SMILES string of the molecule is COC(=O)Cc1ccccc1C(C(C)=O)c1ccnc(SC)n1. The van der Waals surface area contributed by atoms with Crippen molar-refractivity contribution in [2.24, 2.45) is 0 Å². The van der Waals surface area contributed by atoms with E-state index in [0.717, 1.165) is 11.1 Å². The average Bonchev–Trinajstić information content (AvgIpc) is 2.56. The number of nitrogens with zero attached hydrogens (tertiary/aromatic N) is 2. The molecule has 1 aromatic heterocycles. The third-order valence-electron chi connectivity index (χ3n) is 3.47. The molecule has 1 atom stereocenters. The molecular weight excluding hydrogens is 312 g/mol. The summed E-state index contributed by atoms with van der Waals surface area (Å²) in [4.78, 5) is 32.5. The maximum Gasteiger partial charge on any atom is 0.309 e. The van der Waals surface area contributed by atoms with Gasteiger partial charge in [0.2, 0.25) is 0 Å². The van der Waals surface area contributed by atoms with Crippen LogP contribution in [0.4, 0.5) is 0 Å². The summed E-state index contributed by atoms with van der Waals surface area (Å²) in [5.41, 5.74) is 2.18. The van der Waals surface area contributed by atoms with E-state index in [4.69, 9.17) is 4.74 Å². The first-order chi connectivity index (χ1) is 11.1. The number of ether oxygens (including phenoxy) is 1. The maximum atomic E-state index is 12.3. The molecule has 0 amide bonds. The van der Waals surface area contributed by atoms with Crippen LogP contribution in [-0.2, 0) is 20.7 Å². The van der Waals surface area contributed by atoms with Gasteiger partial charge in [0.05, 0.1) is 25.1 Å². The lowest BCUT2D eigenvalue weighted by Crippen LogP contribution is -2.16. The van der Waals surface area contributed by atoms with Crippen LogP contribution in [0, 0.1) is 0 Å². The van der Waals surface area contributed by atoms with Crippen molar-refractivity contribution < 1.29 is 14.3 Å². The summed E-state index contributed by atoms with van der Waals surface area (Å²) >= 11 is 1.42. The number of carbonyl (C=O) groups excluding carboxylic acids is 2. The summed E-state index contributed by atoms with van der Waals surface area (Å²) in [7, 11) is 1.35. The van der Waals surface area contributed by atoms with Gasteiger partial charge < -0.3 is 4.74 Å². The van der Waals surface area contributed by atoms with E-state index in [1.165, 1.54) is 25.8 Å². The number of hydrogen-bond donors (Lipinski definition) is 0. The Balaban J connectivity index is 2.50. The Hall–Kier alpha value is -2.21. The zero-order valence-electron chi connectivity index (χ0n) is 13.3. The van der Waals surface area contributed by atoms with Gasteiger partial charge in [0.25, 0.3) is 0 Å². The molecule has 2 aromatic rings. The molecule has 0 aliphatic heterocycles. The molecule has 0 saturated carbocycles. The molecule has 0 radical (unpaired) electrons. The van der Waals surface area contributed by atoms with Crippen LogP contribution in [0.2, 0.25) is 0 Å². The van der Waals surface area contributed by atoms with Crippen molar-refractivity contribution in [1.29, 1.82) is 0 Å². The number of rotatable bonds is 6. The van der Waals surface area contributed by atoms with Gasteiger partial charge in [-0.2, -0.15) is 0 Å². The van der Waals surface area contributed by atoms with Crippen LogP contribution >= 0.6 is 11.8 Å². The molecule has 5 nitrogen and oxygen atoms in total. The molecule has 0 N–H and O–H groups in total. The van der Waals surface area contributed by atoms with Crippen molar-refractivity contribution in [1.82, 2.24) is 9.97 Å². The number of methoxy groups -OCH3 is 1. The second kappa shape index (κ2) is 7.87. The Morgan fingerprint density at radius 2 is 2.00 bits per heavy atom. The number of aromatic nitrogens is 2. The molecule has 0 saturated heterocycles. The number of hydrogen-bond acceptors (Lipinski definition) is 6. The normalized spacial score (nSPS) is 11.8. The predicted molar refractivity (Wildman–Crippen MR) is 88.5 cm³/mol. The van der Waals surface area contributed by atoms with Crippen molar-refractivity contribution in [2.75, 3.05) is 13.4 Å². The number of carbonyl (C=O) groups is 2. The summed E-state index contributed by atoms with van der Waals surface area (Å²) in [6.45, 7) is 1.53. The Labute approximate surface area is 139 Å². The molecule has 1 aromatic carbocycles. The van der Waals surface area contributed by atoms with E-state index in [2.05, 4.69) is 9.97 Å². The van der Waals surface area contributed by atoms with Crippen molar-refractivity contribution in [3.05, 3.63) is 53.3 Å². The molecule has 2 rings (SSSR count). The number of thioether (sulfide) groups is 1. The molecule has 6 heteroatoms. The lowest BCUT2D eigenvalue weighted by Gasteiger charge is -2.17. The maximum absolute atomic E-state index is 12.3. The van der Waals surface area contributed by atoms with Crippen LogP contribution in [0.25, 0.3) is 0 Å². The van der Waals surface area contributed by atoms with Gasteiger partial charge in [0.15, 0.2) is 5.16 Å². The van der Waals surface area contributed by atoms with Gasteiger partial charge in [-0.15, -0.1) is 0 Å². The summed E-state index contributed by atoms with van der Waals surface area (Å²) in [5, 5.41) is 0.610.